The molecule has 0 saturated heterocycles. The number of amides is 1. The number of rotatable bonds is 2. The Morgan fingerprint density at radius 2 is 1.53 bits per heavy atom. The summed E-state index contributed by atoms with van der Waals surface area (Å²) in [5.41, 5.74) is 6.21. The number of nitrogens with zero attached hydrogens (tertiary/aromatic N) is 1. The van der Waals surface area contributed by atoms with Gasteiger partial charge in [0.1, 0.15) is 0 Å². The van der Waals surface area contributed by atoms with E-state index in [4.69, 9.17) is 0 Å². The third-order valence-corrected chi connectivity index (χ3v) is 6.83. The largest absolute Gasteiger partial charge is 0.351 e. The lowest BCUT2D eigenvalue weighted by atomic mass is 10.0. The number of nitrogens with one attached hydrogen (secondary N) is 1. The minimum Gasteiger partial charge on any atom is -0.351 e. The lowest BCUT2D eigenvalue weighted by Crippen LogP contribution is -2.23. The van der Waals surface area contributed by atoms with Gasteiger partial charge in [0.15, 0.2) is 0 Å². The van der Waals surface area contributed by atoms with Crippen LogP contribution in [0.2, 0.25) is 0 Å². The van der Waals surface area contributed by atoms with Crippen molar-refractivity contribution in [1.29, 1.82) is 0 Å². The molecule has 0 saturated carbocycles. The van der Waals surface area contributed by atoms with E-state index in [1.165, 1.54) is 28.1 Å². The Labute approximate surface area is 181 Å². The van der Waals surface area contributed by atoms with Crippen LogP contribution in [0.3, 0.4) is 0 Å². The Hall–Kier alpha value is -3.11. The van der Waals surface area contributed by atoms with Crippen LogP contribution in [0.4, 0.5) is 0 Å². The minimum atomic E-state index is 0.0457. The Balaban J connectivity index is 1.52. The van der Waals surface area contributed by atoms with Gasteiger partial charge in [-0.3, -0.25) is 4.79 Å². The maximum absolute atomic E-state index is 12.3. The quantitative estimate of drug-likeness (QED) is 0.410. The first kappa shape index (κ1) is 18.9. The second-order valence-corrected chi connectivity index (χ2v) is 8.77. The minimum absolute atomic E-state index is 0.0457. The zero-order valence-corrected chi connectivity index (χ0v) is 17.6. The second-order valence-electron chi connectivity index (χ2n) is 7.69. The Morgan fingerprint density at radius 1 is 0.767 bits per heavy atom. The van der Waals surface area contributed by atoms with Crippen LogP contribution in [-0.4, -0.2) is 17.0 Å². The summed E-state index contributed by atoms with van der Waals surface area (Å²) in [6.07, 6.45) is 6.45. The molecular weight excluding hydrogens is 388 g/mol. The predicted octanol–water partition coefficient (Wildman–Crippen LogP) is 6.33. The Bertz CT molecular complexity index is 1160. The summed E-state index contributed by atoms with van der Waals surface area (Å²) < 4.78 is 2.31. The molecule has 4 aromatic rings. The maximum Gasteiger partial charge on any atom is 0.261 e. The van der Waals surface area contributed by atoms with Crippen LogP contribution in [0.15, 0.2) is 79.0 Å². The molecule has 0 fully saturated rings. The molecule has 1 aliphatic rings. The van der Waals surface area contributed by atoms with Gasteiger partial charge < -0.3 is 9.88 Å². The highest BCUT2D eigenvalue weighted by Crippen LogP contribution is 2.34. The molecule has 0 unspecified atom stereocenters. The topological polar surface area (TPSA) is 34.0 Å². The predicted molar refractivity (Wildman–Crippen MR) is 124 cm³/mol. The van der Waals surface area contributed by atoms with Gasteiger partial charge in [0.2, 0.25) is 0 Å². The van der Waals surface area contributed by atoms with Gasteiger partial charge in [-0.25, -0.2) is 0 Å². The van der Waals surface area contributed by atoms with E-state index in [0.29, 0.717) is 0 Å². The van der Waals surface area contributed by atoms with Crippen LogP contribution in [0.25, 0.3) is 27.3 Å². The fraction of sp³-hybridized carbons (Fsp3) is 0.192. The summed E-state index contributed by atoms with van der Waals surface area (Å²) in [4.78, 5) is 14.3. The number of fused-ring (bicyclic) bond motifs is 4. The molecule has 2 bridgehead atoms. The summed E-state index contributed by atoms with van der Waals surface area (Å²) in [7, 11) is 0. The van der Waals surface area contributed by atoms with Gasteiger partial charge in [0.05, 0.1) is 4.88 Å². The van der Waals surface area contributed by atoms with Crippen molar-refractivity contribution in [3.8, 4) is 27.3 Å². The molecule has 1 aliphatic heterocycles. The van der Waals surface area contributed by atoms with Crippen molar-refractivity contribution in [3.63, 3.8) is 0 Å². The van der Waals surface area contributed by atoms with E-state index in [9.17, 15) is 4.79 Å². The van der Waals surface area contributed by atoms with Gasteiger partial charge in [-0.2, -0.15) is 0 Å². The fourth-order valence-corrected chi connectivity index (χ4v) is 5.09. The van der Waals surface area contributed by atoms with Gasteiger partial charge in [0.25, 0.3) is 5.91 Å². The molecule has 2 aromatic carbocycles. The third kappa shape index (κ3) is 3.71. The smallest absolute Gasteiger partial charge is 0.261 e. The van der Waals surface area contributed by atoms with Crippen LogP contribution in [0.5, 0.6) is 0 Å². The Morgan fingerprint density at radius 3 is 2.37 bits per heavy atom. The molecule has 5 rings (SSSR count). The zero-order chi connectivity index (χ0) is 20.3. The van der Waals surface area contributed by atoms with Crippen LogP contribution in [-0.2, 0) is 6.42 Å². The molecule has 4 heteroatoms. The normalized spacial score (nSPS) is 14.3. The van der Waals surface area contributed by atoms with Crippen molar-refractivity contribution in [2.75, 3.05) is 6.54 Å². The molecule has 1 amide bonds. The van der Waals surface area contributed by atoms with E-state index in [0.717, 1.165) is 42.0 Å². The van der Waals surface area contributed by atoms with Gasteiger partial charge >= 0.3 is 0 Å². The number of thiophene rings is 1. The van der Waals surface area contributed by atoms with Gasteiger partial charge in [-0.05, 0) is 60.7 Å². The maximum atomic E-state index is 12.3. The first-order valence-electron chi connectivity index (χ1n) is 10.5. The highest BCUT2D eigenvalue weighted by atomic mass is 32.1. The summed E-state index contributed by atoms with van der Waals surface area (Å²) in [5, 5.41) is 3.04. The van der Waals surface area contributed by atoms with Crippen molar-refractivity contribution in [2.45, 2.75) is 25.7 Å². The van der Waals surface area contributed by atoms with Crippen molar-refractivity contribution in [2.24, 2.45) is 0 Å². The highest BCUT2D eigenvalue weighted by molar-refractivity contribution is 7.17. The summed E-state index contributed by atoms with van der Waals surface area (Å²) >= 11 is 1.58. The summed E-state index contributed by atoms with van der Waals surface area (Å²) in [5.74, 6) is 0.0457. The fourth-order valence-electron chi connectivity index (χ4n) is 4.12. The molecular formula is C26H24N2OS. The average Bonchev–Trinajstić information content (AvgIpc) is 3.43. The lowest BCUT2D eigenvalue weighted by Gasteiger charge is -2.13. The van der Waals surface area contributed by atoms with Crippen LogP contribution in [0.1, 0.15) is 34.6 Å². The monoisotopic (exact) mass is 412 g/mol. The number of carbonyl (C=O) groups excluding carboxylic acids is 1. The molecule has 0 spiro atoms. The lowest BCUT2D eigenvalue weighted by molar-refractivity contribution is 0.0957. The number of hydrogen-bond donors (Lipinski definition) is 1. The van der Waals surface area contributed by atoms with E-state index < -0.39 is 0 Å². The van der Waals surface area contributed by atoms with E-state index in [1.807, 2.05) is 12.1 Å². The van der Waals surface area contributed by atoms with E-state index >= 15 is 0 Å². The summed E-state index contributed by atoms with van der Waals surface area (Å²) in [6, 6.07) is 25.5. The SMILES string of the molecule is O=C1NCCCCCc2c(ccn2-c2ccc(-c3ccccc3)cc2)-c2ccc1s2. The highest BCUT2D eigenvalue weighted by Gasteiger charge is 2.17. The second kappa shape index (κ2) is 8.33. The number of carbonyl (C=O) groups is 1. The molecule has 3 heterocycles. The molecule has 3 nitrogen and oxygen atoms in total. The summed E-state index contributed by atoms with van der Waals surface area (Å²) in [6.45, 7) is 0.751. The van der Waals surface area contributed by atoms with E-state index in [-0.39, 0.29) is 5.91 Å². The molecule has 1 N–H and O–H groups in total. The first-order valence-corrected chi connectivity index (χ1v) is 11.4. The number of hydrogen-bond acceptors (Lipinski definition) is 2. The molecule has 30 heavy (non-hydrogen) atoms. The van der Waals surface area contributed by atoms with Gasteiger partial charge in [-0.15, -0.1) is 11.3 Å². The van der Waals surface area contributed by atoms with Crippen LogP contribution < -0.4 is 5.32 Å². The Kier molecular flexibility index (Phi) is 5.24. The van der Waals surface area contributed by atoms with Crippen molar-refractivity contribution < 1.29 is 4.79 Å². The standard InChI is InChI=1S/C26H24N2OS/c29-26-25-15-14-24(30-25)22-16-18-28(23(22)9-5-2-6-17-27-26)21-12-10-20(11-13-21)19-7-3-1-4-8-19/h1,3-4,7-8,10-16,18H,2,5-6,9,17H2,(H,27,29). The van der Waals surface area contributed by atoms with Gasteiger partial charge in [-0.1, -0.05) is 48.9 Å². The molecule has 0 atom stereocenters. The van der Waals surface area contributed by atoms with Crippen LogP contribution >= 0.6 is 11.3 Å². The van der Waals surface area contributed by atoms with Crippen molar-refractivity contribution in [3.05, 3.63) is 89.6 Å². The average molecular weight is 413 g/mol. The zero-order valence-electron chi connectivity index (χ0n) is 16.8. The van der Waals surface area contributed by atoms with Crippen LogP contribution in [0, 0.1) is 0 Å². The number of aromatic nitrogens is 1. The first-order chi connectivity index (χ1) is 14.8. The van der Waals surface area contributed by atoms with Crippen molar-refractivity contribution >= 4 is 17.2 Å². The molecule has 2 aromatic heterocycles. The van der Waals surface area contributed by atoms with E-state index in [1.54, 1.807) is 11.3 Å². The molecule has 150 valence electrons. The molecule has 0 radical (unpaired) electrons. The van der Waals surface area contributed by atoms with E-state index in [2.05, 4.69) is 76.7 Å². The third-order valence-electron chi connectivity index (χ3n) is 5.72. The number of benzene rings is 2. The van der Waals surface area contributed by atoms with Crippen molar-refractivity contribution in [1.82, 2.24) is 9.88 Å². The molecule has 0 aliphatic carbocycles. The van der Waals surface area contributed by atoms with Gasteiger partial charge in [0, 0.05) is 34.6 Å².